The van der Waals surface area contributed by atoms with Gasteiger partial charge in [-0.3, -0.25) is 14.9 Å². The summed E-state index contributed by atoms with van der Waals surface area (Å²) < 4.78 is 7.25. The Morgan fingerprint density at radius 1 is 1.03 bits per heavy atom. The number of benzene rings is 3. The van der Waals surface area contributed by atoms with Gasteiger partial charge in [0, 0.05) is 12.1 Å². The maximum Gasteiger partial charge on any atom is 0.269 e. The molecule has 1 amide bonds. The summed E-state index contributed by atoms with van der Waals surface area (Å²) in [4.78, 5) is 22.5. The topological polar surface area (TPSA) is 93.8 Å². The number of hydrazone groups is 1. The highest BCUT2D eigenvalue weighted by molar-refractivity contribution is 9.11. The Morgan fingerprint density at radius 2 is 1.67 bits per heavy atom. The average molecular weight is 575 g/mol. The number of carbonyl (C=O) groups is 1. The predicted molar refractivity (Wildman–Crippen MR) is 135 cm³/mol. The third-order valence-corrected chi connectivity index (χ3v) is 6.07. The van der Waals surface area contributed by atoms with Crippen molar-refractivity contribution in [2.75, 3.05) is 0 Å². The molecule has 170 valence electrons. The van der Waals surface area contributed by atoms with E-state index in [1.807, 2.05) is 44.2 Å². The Bertz CT molecular complexity index is 1190. The highest BCUT2D eigenvalue weighted by Crippen LogP contribution is 2.35. The molecule has 0 aliphatic rings. The number of rotatable bonds is 8. The number of nitrogens with one attached hydrogen (secondary N) is 1. The summed E-state index contributed by atoms with van der Waals surface area (Å²) in [6.07, 6.45) is 1.80. The van der Waals surface area contributed by atoms with Crippen molar-refractivity contribution in [3.8, 4) is 5.75 Å². The number of hydrogen-bond donors (Lipinski definition) is 1. The second-order valence-corrected chi connectivity index (χ2v) is 9.12. The molecule has 0 fully saturated rings. The summed E-state index contributed by atoms with van der Waals surface area (Å²) in [5.74, 6) is 0.389. The largest absolute Gasteiger partial charge is 0.487 e. The van der Waals surface area contributed by atoms with E-state index in [1.54, 1.807) is 18.3 Å². The lowest BCUT2D eigenvalue weighted by Gasteiger charge is -2.11. The van der Waals surface area contributed by atoms with E-state index >= 15 is 0 Å². The molecule has 3 aromatic carbocycles. The third-order valence-electron chi connectivity index (χ3n) is 4.89. The smallest absolute Gasteiger partial charge is 0.269 e. The van der Waals surface area contributed by atoms with E-state index in [4.69, 9.17) is 4.74 Å². The fourth-order valence-corrected chi connectivity index (χ4v) is 4.43. The third kappa shape index (κ3) is 6.97. The van der Waals surface area contributed by atoms with E-state index in [9.17, 15) is 14.9 Å². The van der Waals surface area contributed by atoms with Crippen molar-refractivity contribution in [3.63, 3.8) is 0 Å². The Morgan fingerprint density at radius 3 is 2.27 bits per heavy atom. The lowest BCUT2D eigenvalue weighted by Crippen LogP contribution is -2.19. The molecule has 0 saturated heterocycles. The van der Waals surface area contributed by atoms with Crippen molar-refractivity contribution < 1.29 is 14.5 Å². The van der Waals surface area contributed by atoms with Crippen molar-refractivity contribution >= 4 is 49.7 Å². The van der Waals surface area contributed by atoms with E-state index in [1.165, 1.54) is 17.7 Å². The lowest BCUT2D eigenvalue weighted by atomic mass is 10.0. The van der Waals surface area contributed by atoms with E-state index in [2.05, 4.69) is 42.4 Å². The molecule has 0 unspecified atom stereocenters. The van der Waals surface area contributed by atoms with Crippen LogP contribution < -0.4 is 10.2 Å². The molecular weight excluding hydrogens is 554 g/mol. The van der Waals surface area contributed by atoms with Crippen molar-refractivity contribution in [1.82, 2.24) is 5.43 Å². The van der Waals surface area contributed by atoms with Crippen LogP contribution in [0.4, 0.5) is 5.69 Å². The number of hydrogen-bond acceptors (Lipinski definition) is 5. The number of carbonyl (C=O) groups excluding carboxylic acids is 1. The van der Waals surface area contributed by atoms with Crippen molar-refractivity contribution in [2.24, 2.45) is 5.10 Å². The van der Waals surface area contributed by atoms with Gasteiger partial charge in [-0.1, -0.05) is 18.2 Å². The number of ether oxygens (including phenoxy) is 1. The van der Waals surface area contributed by atoms with E-state index in [0.29, 0.717) is 14.7 Å². The quantitative estimate of drug-likeness (QED) is 0.202. The maximum atomic E-state index is 12.2. The van der Waals surface area contributed by atoms with Crippen LogP contribution in [0.3, 0.4) is 0 Å². The number of non-ortho nitro benzene ring substituents is 1. The molecule has 0 radical (unpaired) electrons. The fraction of sp³-hybridized carbons (Fsp3) is 0.167. The normalized spacial score (nSPS) is 10.9. The van der Waals surface area contributed by atoms with Crippen molar-refractivity contribution in [3.05, 3.63) is 101 Å². The monoisotopic (exact) mass is 573 g/mol. The molecule has 0 atom stereocenters. The lowest BCUT2D eigenvalue weighted by molar-refractivity contribution is -0.384. The van der Waals surface area contributed by atoms with Gasteiger partial charge in [0.1, 0.15) is 12.4 Å². The second kappa shape index (κ2) is 11.2. The van der Waals surface area contributed by atoms with Gasteiger partial charge in [0.05, 0.1) is 26.5 Å². The number of aryl methyl sites for hydroxylation is 2. The zero-order valence-corrected chi connectivity index (χ0v) is 21.1. The van der Waals surface area contributed by atoms with Crippen LogP contribution in [0.1, 0.15) is 27.8 Å². The van der Waals surface area contributed by atoms with Crippen LogP contribution in [0.5, 0.6) is 5.75 Å². The van der Waals surface area contributed by atoms with Gasteiger partial charge < -0.3 is 4.74 Å². The van der Waals surface area contributed by atoms with Gasteiger partial charge in [-0.25, -0.2) is 5.43 Å². The maximum absolute atomic E-state index is 12.2. The first kappa shape index (κ1) is 24.6. The first-order valence-electron chi connectivity index (χ1n) is 9.96. The van der Waals surface area contributed by atoms with Gasteiger partial charge in [0.15, 0.2) is 0 Å². The van der Waals surface area contributed by atoms with Crippen LogP contribution in [0.25, 0.3) is 0 Å². The molecule has 0 aromatic heterocycles. The highest BCUT2D eigenvalue weighted by atomic mass is 79.9. The number of nitrogens with zero attached hydrogens (tertiary/aromatic N) is 2. The van der Waals surface area contributed by atoms with Crippen LogP contribution in [0.15, 0.2) is 68.6 Å². The van der Waals surface area contributed by atoms with E-state index in [-0.39, 0.29) is 24.6 Å². The highest BCUT2D eigenvalue weighted by Gasteiger charge is 2.10. The number of nitro benzene ring substituents is 1. The SMILES string of the molecule is Cc1ccc(CC(=O)NN=Cc2cc(Br)c(OCc3ccc([N+](=O)[O-])cc3)c(Br)c2)cc1C. The van der Waals surface area contributed by atoms with Crippen LogP contribution >= 0.6 is 31.9 Å². The zero-order valence-electron chi connectivity index (χ0n) is 18.0. The minimum absolute atomic E-state index is 0.0332. The average Bonchev–Trinajstić information content (AvgIpc) is 2.76. The Labute approximate surface area is 208 Å². The number of nitro groups is 1. The van der Waals surface area contributed by atoms with Crippen LogP contribution in [-0.4, -0.2) is 17.0 Å². The van der Waals surface area contributed by atoms with Gasteiger partial charge in [-0.2, -0.15) is 5.10 Å². The van der Waals surface area contributed by atoms with Gasteiger partial charge in [-0.05, 0) is 97.8 Å². The summed E-state index contributed by atoms with van der Waals surface area (Å²) in [7, 11) is 0. The fourth-order valence-electron chi connectivity index (χ4n) is 2.98. The predicted octanol–water partition coefficient (Wildman–Crippen LogP) is 6.01. The minimum atomic E-state index is -0.441. The first-order chi connectivity index (χ1) is 15.7. The molecule has 0 saturated carbocycles. The summed E-state index contributed by atoms with van der Waals surface area (Å²) in [6, 6.07) is 15.8. The van der Waals surface area contributed by atoms with E-state index in [0.717, 1.165) is 22.3 Å². The molecular formula is C24H21Br2N3O4. The van der Waals surface area contributed by atoms with Crippen molar-refractivity contribution in [1.29, 1.82) is 0 Å². The molecule has 0 bridgehead atoms. The van der Waals surface area contributed by atoms with Crippen LogP contribution in [-0.2, 0) is 17.8 Å². The molecule has 1 N–H and O–H groups in total. The van der Waals surface area contributed by atoms with E-state index < -0.39 is 4.92 Å². The van der Waals surface area contributed by atoms with Gasteiger partial charge >= 0.3 is 0 Å². The van der Waals surface area contributed by atoms with Gasteiger partial charge in [0.2, 0.25) is 5.91 Å². The van der Waals surface area contributed by atoms with Gasteiger partial charge in [0.25, 0.3) is 5.69 Å². The molecule has 9 heteroatoms. The standard InChI is InChI=1S/C24H21Br2N3O4/c1-15-3-4-18(9-16(15)2)12-23(30)28-27-13-19-10-21(25)24(22(26)11-19)33-14-17-5-7-20(8-6-17)29(31)32/h3-11,13H,12,14H2,1-2H3,(H,28,30). The number of halogens is 2. The zero-order chi connectivity index (χ0) is 24.0. The number of amides is 1. The first-order valence-corrected chi connectivity index (χ1v) is 11.5. The molecule has 3 aromatic rings. The van der Waals surface area contributed by atoms with Crippen molar-refractivity contribution in [2.45, 2.75) is 26.9 Å². The second-order valence-electron chi connectivity index (χ2n) is 7.41. The van der Waals surface area contributed by atoms with Gasteiger partial charge in [-0.15, -0.1) is 0 Å². The summed E-state index contributed by atoms with van der Waals surface area (Å²) in [5, 5.41) is 14.8. The molecule has 7 nitrogen and oxygen atoms in total. The van der Waals surface area contributed by atoms with Crippen LogP contribution in [0, 0.1) is 24.0 Å². The molecule has 0 aliphatic heterocycles. The molecule has 0 heterocycles. The molecule has 0 spiro atoms. The summed E-state index contributed by atoms with van der Waals surface area (Å²) in [5.41, 5.74) is 7.41. The van der Waals surface area contributed by atoms with Crippen LogP contribution in [0.2, 0.25) is 0 Å². The molecule has 33 heavy (non-hydrogen) atoms. The summed E-state index contributed by atoms with van der Waals surface area (Å²) in [6.45, 7) is 4.30. The summed E-state index contributed by atoms with van der Waals surface area (Å²) >= 11 is 6.97. The Hall–Kier alpha value is -3.04. The Balaban J connectivity index is 1.58. The minimum Gasteiger partial charge on any atom is -0.487 e. The molecule has 0 aliphatic carbocycles. The molecule has 3 rings (SSSR count). The Kier molecular flexibility index (Phi) is 8.35.